The summed E-state index contributed by atoms with van der Waals surface area (Å²) in [4.78, 5) is 24.6. The monoisotopic (exact) mass is 418 g/mol. The number of amides is 2. The molecule has 9 nitrogen and oxygen atoms in total. The van der Waals surface area contributed by atoms with Crippen molar-refractivity contribution in [1.82, 2.24) is 9.62 Å². The van der Waals surface area contributed by atoms with E-state index in [1.807, 2.05) is 0 Å². The van der Waals surface area contributed by atoms with Gasteiger partial charge in [0.2, 0.25) is 10.0 Å². The van der Waals surface area contributed by atoms with E-state index in [1.54, 1.807) is 30.3 Å². The standard InChI is InChI=1S/C19H18N2O7S/c22-18-12-28-19(23)21(18)11-15(13-4-2-1-3-5-13)20-29(24,25)14-6-7-16-17(10-14)27-9-8-26-16/h1-7,10,15,20H,8-9,11-12H2/t15-/m0/s1. The van der Waals surface area contributed by atoms with Crippen molar-refractivity contribution in [3.05, 3.63) is 54.1 Å². The maximum absolute atomic E-state index is 13.0. The highest BCUT2D eigenvalue weighted by Gasteiger charge is 2.35. The van der Waals surface area contributed by atoms with E-state index in [4.69, 9.17) is 14.2 Å². The summed E-state index contributed by atoms with van der Waals surface area (Å²) in [5, 5.41) is 0. The summed E-state index contributed by atoms with van der Waals surface area (Å²) in [6.07, 6.45) is -0.797. The Morgan fingerprint density at radius 3 is 2.38 bits per heavy atom. The predicted octanol–water partition coefficient (Wildman–Crippen LogP) is 1.46. The molecule has 0 bridgehead atoms. The molecule has 1 atom stereocenters. The molecule has 0 aliphatic carbocycles. The van der Waals surface area contributed by atoms with Crippen LogP contribution in [0.2, 0.25) is 0 Å². The van der Waals surface area contributed by atoms with E-state index in [2.05, 4.69) is 4.72 Å². The van der Waals surface area contributed by atoms with Gasteiger partial charge in [-0.25, -0.2) is 22.8 Å². The maximum Gasteiger partial charge on any atom is 0.417 e. The summed E-state index contributed by atoms with van der Waals surface area (Å²) in [5.41, 5.74) is 0.598. The Balaban J connectivity index is 1.63. The zero-order valence-corrected chi connectivity index (χ0v) is 16.1. The Hall–Kier alpha value is -3.11. The van der Waals surface area contributed by atoms with Gasteiger partial charge in [-0.2, -0.15) is 0 Å². The fourth-order valence-corrected chi connectivity index (χ4v) is 4.31. The van der Waals surface area contributed by atoms with Crippen LogP contribution < -0.4 is 14.2 Å². The van der Waals surface area contributed by atoms with Gasteiger partial charge in [0.15, 0.2) is 18.1 Å². The molecule has 0 unspecified atom stereocenters. The first-order valence-corrected chi connectivity index (χ1v) is 10.4. The van der Waals surface area contributed by atoms with Crippen molar-refractivity contribution in [2.75, 3.05) is 26.4 Å². The van der Waals surface area contributed by atoms with E-state index in [1.165, 1.54) is 18.2 Å². The number of nitrogens with one attached hydrogen (secondary N) is 1. The minimum atomic E-state index is -3.99. The Labute approximate surface area is 167 Å². The van der Waals surface area contributed by atoms with E-state index in [0.29, 0.717) is 30.3 Å². The van der Waals surface area contributed by atoms with Gasteiger partial charge in [0.05, 0.1) is 17.5 Å². The number of hydrogen-bond acceptors (Lipinski definition) is 7. The van der Waals surface area contributed by atoms with Crippen molar-refractivity contribution in [3.63, 3.8) is 0 Å². The van der Waals surface area contributed by atoms with Crippen LogP contribution in [0.5, 0.6) is 11.5 Å². The second kappa shape index (κ2) is 7.72. The van der Waals surface area contributed by atoms with Crippen LogP contribution in [0.1, 0.15) is 11.6 Å². The zero-order chi connectivity index (χ0) is 20.4. The molecule has 2 aliphatic rings. The number of benzene rings is 2. The van der Waals surface area contributed by atoms with Gasteiger partial charge in [0.25, 0.3) is 5.91 Å². The molecule has 2 aliphatic heterocycles. The first-order valence-electron chi connectivity index (χ1n) is 8.88. The average Bonchev–Trinajstić information content (AvgIpc) is 3.05. The molecule has 152 valence electrons. The number of sulfonamides is 1. The molecule has 10 heteroatoms. The van der Waals surface area contributed by atoms with E-state index in [9.17, 15) is 18.0 Å². The maximum atomic E-state index is 13.0. The molecule has 1 N–H and O–H groups in total. The number of fused-ring (bicyclic) bond motifs is 1. The van der Waals surface area contributed by atoms with Crippen LogP contribution in [0.15, 0.2) is 53.4 Å². The van der Waals surface area contributed by atoms with Gasteiger partial charge < -0.3 is 14.2 Å². The third kappa shape index (κ3) is 4.03. The molecule has 4 rings (SSSR count). The summed E-state index contributed by atoms with van der Waals surface area (Å²) in [6.45, 7) is 0.184. The van der Waals surface area contributed by atoms with Crippen molar-refractivity contribution in [1.29, 1.82) is 0 Å². The van der Waals surface area contributed by atoms with Gasteiger partial charge in [-0.05, 0) is 17.7 Å². The second-order valence-electron chi connectivity index (χ2n) is 6.45. The molecule has 0 spiro atoms. The number of ether oxygens (including phenoxy) is 3. The van der Waals surface area contributed by atoms with Gasteiger partial charge in [0.1, 0.15) is 13.2 Å². The van der Waals surface area contributed by atoms with Crippen LogP contribution in [0.3, 0.4) is 0 Å². The Morgan fingerprint density at radius 2 is 1.69 bits per heavy atom. The fourth-order valence-electron chi connectivity index (χ4n) is 3.08. The summed E-state index contributed by atoms with van der Waals surface area (Å²) >= 11 is 0. The Kier molecular flexibility index (Phi) is 5.12. The molecule has 0 aromatic heterocycles. The number of cyclic esters (lactones) is 1. The second-order valence-corrected chi connectivity index (χ2v) is 8.16. The SMILES string of the molecule is O=C1COC(=O)N1C[C@H](NS(=O)(=O)c1ccc2c(c1)OCCO2)c1ccccc1. The zero-order valence-electron chi connectivity index (χ0n) is 15.2. The number of nitrogens with zero attached hydrogens (tertiary/aromatic N) is 1. The van der Waals surface area contributed by atoms with Crippen molar-refractivity contribution in [2.24, 2.45) is 0 Å². The topological polar surface area (TPSA) is 111 Å². The first kappa shape index (κ1) is 19.2. The highest BCUT2D eigenvalue weighted by molar-refractivity contribution is 7.89. The molecule has 2 aromatic carbocycles. The molecule has 1 saturated heterocycles. The summed E-state index contributed by atoms with van der Waals surface area (Å²) in [6, 6.07) is 12.2. The molecule has 2 heterocycles. The van der Waals surface area contributed by atoms with Crippen LogP contribution in [0.4, 0.5) is 4.79 Å². The Bertz CT molecular complexity index is 1020. The third-order valence-electron chi connectivity index (χ3n) is 4.53. The summed E-state index contributed by atoms with van der Waals surface area (Å²) in [5.74, 6) is 0.295. The third-order valence-corrected chi connectivity index (χ3v) is 6.00. The summed E-state index contributed by atoms with van der Waals surface area (Å²) in [7, 11) is -3.99. The van der Waals surface area contributed by atoms with Crippen LogP contribution in [-0.4, -0.2) is 51.7 Å². The highest BCUT2D eigenvalue weighted by Crippen LogP contribution is 2.32. The first-order chi connectivity index (χ1) is 13.9. The normalized spacial score (nSPS) is 17.2. The predicted molar refractivity (Wildman–Crippen MR) is 100.0 cm³/mol. The fraction of sp³-hybridized carbons (Fsp3) is 0.263. The van der Waals surface area contributed by atoms with Gasteiger partial charge in [-0.1, -0.05) is 30.3 Å². The molecular weight excluding hydrogens is 400 g/mol. The van der Waals surface area contributed by atoms with Crippen molar-refractivity contribution < 1.29 is 32.2 Å². The summed E-state index contributed by atoms with van der Waals surface area (Å²) < 4.78 is 44.2. The molecule has 0 radical (unpaired) electrons. The molecule has 2 amide bonds. The lowest BCUT2D eigenvalue weighted by Crippen LogP contribution is -2.40. The average molecular weight is 418 g/mol. The highest BCUT2D eigenvalue weighted by atomic mass is 32.2. The van der Waals surface area contributed by atoms with E-state index < -0.39 is 28.1 Å². The van der Waals surface area contributed by atoms with Crippen molar-refractivity contribution in [3.8, 4) is 11.5 Å². The number of imide groups is 1. The molecule has 1 fully saturated rings. The number of hydrogen-bond donors (Lipinski definition) is 1. The van der Waals surface area contributed by atoms with Crippen molar-refractivity contribution in [2.45, 2.75) is 10.9 Å². The minimum Gasteiger partial charge on any atom is -0.486 e. The van der Waals surface area contributed by atoms with Gasteiger partial charge in [-0.15, -0.1) is 0 Å². The van der Waals surface area contributed by atoms with Gasteiger partial charge >= 0.3 is 6.09 Å². The Morgan fingerprint density at radius 1 is 0.966 bits per heavy atom. The van der Waals surface area contributed by atoms with Crippen LogP contribution >= 0.6 is 0 Å². The van der Waals surface area contributed by atoms with E-state index >= 15 is 0 Å². The van der Waals surface area contributed by atoms with Gasteiger partial charge in [-0.3, -0.25) is 4.79 Å². The largest absolute Gasteiger partial charge is 0.486 e. The molecule has 0 saturated carbocycles. The smallest absolute Gasteiger partial charge is 0.417 e. The lowest BCUT2D eigenvalue weighted by Gasteiger charge is -2.23. The lowest BCUT2D eigenvalue weighted by atomic mass is 10.1. The molecular formula is C19H18N2O7S. The van der Waals surface area contributed by atoms with Gasteiger partial charge in [0, 0.05) is 6.07 Å². The number of rotatable bonds is 6. The quantitative estimate of drug-likeness (QED) is 0.756. The van der Waals surface area contributed by atoms with Crippen LogP contribution in [0, 0.1) is 0 Å². The number of carbonyl (C=O) groups is 2. The van der Waals surface area contributed by atoms with Crippen LogP contribution in [0.25, 0.3) is 0 Å². The molecule has 2 aromatic rings. The number of carbonyl (C=O) groups excluding carboxylic acids is 2. The van der Waals surface area contributed by atoms with Crippen molar-refractivity contribution >= 4 is 22.0 Å². The van der Waals surface area contributed by atoms with E-state index in [-0.39, 0.29) is 18.0 Å². The van der Waals surface area contributed by atoms with Crippen LogP contribution in [-0.2, 0) is 19.6 Å². The minimum absolute atomic E-state index is 0.0157. The van der Waals surface area contributed by atoms with E-state index in [0.717, 1.165) is 4.90 Å². The lowest BCUT2D eigenvalue weighted by molar-refractivity contribution is -0.126. The molecule has 29 heavy (non-hydrogen) atoms.